The van der Waals surface area contributed by atoms with Crippen LogP contribution in [0.15, 0.2) is 54.6 Å². The summed E-state index contributed by atoms with van der Waals surface area (Å²) < 4.78 is 0. The van der Waals surface area contributed by atoms with E-state index >= 15 is 0 Å². The number of urea groups is 1. The Bertz CT molecular complexity index is 866. The Kier molecular flexibility index (Phi) is 5.90. The lowest BCUT2D eigenvalue weighted by Gasteiger charge is -2.34. The molecule has 4 rings (SSSR count). The van der Waals surface area contributed by atoms with Crippen LogP contribution in [-0.4, -0.2) is 33.5 Å². The second kappa shape index (κ2) is 8.91. The molecule has 1 saturated carbocycles. The van der Waals surface area contributed by atoms with Crippen molar-refractivity contribution in [3.63, 3.8) is 0 Å². The predicted molar refractivity (Wildman–Crippen MR) is 112 cm³/mol. The first-order chi connectivity index (χ1) is 13.8. The van der Waals surface area contributed by atoms with Crippen molar-refractivity contribution in [2.24, 2.45) is 0 Å². The summed E-state index contributed by atoms with van der Waals surface area (Å²) in [6, 6.07) is 18.6. The third-order valence-electron chi connectivity index (χ3n) is 5.55. The van der Waals surface area contributed by atoms with Crippen LogP contribution in [0.5, 0.6) is 0 Å². The zero-order valence-electron chi connectivity index (χ0n) is 16.2. The van der Waals surface area contributed by atoms with Crippen LogP contribution in [0.3, 0.4) is 0 Å². The molecule has 3 aromatic rings. The van der Waals surface area contributed by atoms with E-state index in [2.05, 4.69) is 27.4 Å². The molecule has 5 nitrogen and oxygen atoms in total. The van der Waals surface area contributed by atoms with Crippen molar-refractivity contribution < 1.29 is 4.79 Å². The van der Waals surface area contributed by atoms with Crippen molar-refractivity contribution in [3.05, 3.63) is 66.0 Å². The first-order valence-corrected chi connectivity index (χ1v) is 10.3. The van der Waals surface area contributed by atoms with Crippen LogP contribution in [0, 0.1) is 0 Å². The van der Waals surface area contributed by atoms with Gasteiger partial charge in [-0.1, -0.05) is 61.7 Å². The van der Waals surface area contributed by atoms with Crippen LogP contribution in [0.4, 0.5) is 4.79 Å². The number of hydrogen-bond acceptors (Lipinski definition) is 2. The summed E-state index contributed by atoms with van der Waals surface area (Å²) in [4.78, 5) is 22.9. The highest BCUT2D eigenvalue weighted by Crippen LogP contribution is 2.24. The maximum absolute atomic E-state index is 13.0. The van der Waals surface area contributed by atoms with E-state index in [1.54, 1.807) is 0 Å². The second-order valence-corrected chi connectivity index (χ2v) is 7.59. The van der Waals surface area contributed by atoms with E-state index in [1.807, 2.05) is 47.4 Å². The van der Waals surface area contributed by atoms with Gasteiger partial charge in [0.1, 0.15) is 5.82 Å². The minimum Gasteiger partial charge on any atom is -0.342 e. The van der Waals surface area contributed by atoms with Crippen molar-refractivity contribution >= 4 is 17.1 Å². The topological polar surface area (TPSA) is 61.0 Å². The summed E-state index contributed by atoms with van der Waals surface area (Å²) in [6.07, 6.45) is 6.60. The summed E-state index contributed by atoms with van der Waals surface area (Å²) in [5.74, 6) is 0.911. The van der Waals surface area contributed by atoms with Gasteiger partial charge in [0.25, 0.3) is 0 Å². The number of imidazole rings is 1. The van der Waals surface area contributed by atoms with Gasteiger partial charge in [-0.2, -0.15) is 0 Å². The lowest BCUT2D eigenvalue weighted by Crippen LogP contribution is -2.46. The number of carbonyl (C=O) groups is 1. The number of nitrogens with one attached hydrogen (secondary N) is 2. The van der Waals surface area contributed by atoms with Gasteiger partial charge < -0.3 is 15.2 Å². The van der Waals surface area contributed by atoms with Crippen LogP contribution >= 0.6 is 0 Å². The van der Waals surface area contributed by atoms with E-state index < -0.39 is 0 Å². The number of para-hydroxylation sites is 2. The Hall–Kier alpha value is -2.82. The monoisotopic (exact) mass is 376 g/mol. The average Bonchev–Trinajstić information content (AvgIpc) is 3.16. The van der Waals surface area contributed by atoms with Crippen molar-refractivity contribution in [1.82, 2.24) is 20.2 Å². The molecule has 1 aliphatic carbocycles. The maximum atomic E-state index is 13.0. The molecule has 0 aliphatic heterocycles. The molecule has 1 fully saturated rings. The SMILES string of the molecule is O=C(NCCc1nc2ccccc2[nH]1)N(Cc1ccccc1)C1CCCCC1. The molecule has 0 bridgehead atoms. The highest BCUT2D eigenvalue weighted by atomic mass is 16.2. The zero-order valence-corrected chi connectivity index (χ0v) is 16.2. The number of aromatic nitrogens is 2. The lowest BCUT2D eigenvalue weighted by molar-refractivity contribution is 0.151. The smallest absolute Gasteiger partial charge is 0.317 e. The first-order valence-electron chi connectivity index (χ1n) is 10.3. The molecule has 2 aromatic carbocycles. The molecule has 146 valence electrons. The Morgan fingerprint density at radius 1 is 1.04 bits per heavy atom. The van der Waals surface area contributed by atoms with Crippen molar-refractivity contribution in [2.45, 2.75) is 51.1 Å². The van der Waals surface area contributed by atoms with Crippen molar-refractivity contribution in [1.29, 1.82) is 0 Å². The third-order valence-corrected chi connectivity index (χ3v) is 5.55. The Morgan fingerprint density at radius 3 is 2.57 bits per heavy atom. The number of H-pyrrole nitrogens is 1. The van der Waals surface area contributed by atoms with Gasteiger partial charge in [0.15, 0.2) is 0 Å². The van der Waals surface area contributed by atoms with E-state index in [4.69, 9.17) is 0 Å². The van der Waals surface area contributed by atoms with Gasteiger partial charge in [0.05, 0.1) is 11.0 Å². The second-order valence-electron chi connectivity index (χ2n) is 7.59. The fourth-order valence-electron chi connectivity index (χ4n) is 4.05. The normalized spacial score (nSPS) is 14.9. The van der Waals surface area contributed by atoms with Gasteiger partial charge >= 0.3 is 6.03 Å². The van der Waals surface area contributed by atoms with Gasteiger partial charge in [-0.25, -0.2) is 9.78 Å². The van der Waals surface area contributed by atoms with Gasteiger partial charge in [-0.05, 0) is 30.5 Å². The first kappa shape index (κ1) is 18.5. The Labute approximate surface area is 166 Å². The lowest BCUT2D eigenvalue weighted by atomic mass is 9.94. The van der Waals surface area contributed by atoms with Crippen LogP contribution in [0.1, 0.15) is 43.5 Å². The van der Waals surface area contributed by atoms with E-state index in [-0.39, 0.29) is 6.03 Å². The molecular weight excluding hydrogens is 348 g/mol. The number of aromatic amines is 1. The molecule has 0 radical (unpaired) electrons. The van der Waals surface area contributed by atoms with Crippen LogP contribution in [-0.2, 0) is 13.0 Å². The number of rotatable bonds is 6. The summed E-state index contributed by atoms with van der Waals surface area (Å²) in [5.41, 5.74) is 3.19. The molecule has 0 atom stereocenters. The standard InChI is InChI=1S/C23H28N4O/c28-23(24-16-15-22-25-20-13-7-8-14-21(20)26-22)27(19-11-5-2-6-12-19)17-18-9-3-1-4-10-18/h1,3-4,7-10,13-14,19H,2,5-6,11-12,15-17H2,(H,24,28)(H,25,26). The number of nitrogens with zero attached hydrogens (tertiary/aromatic N) is 2. The van der Waals surface area contributed by atoms with E-state index in [0.717, 1.165) is 29.7 Å². The highest BCUT2D eigenvalue weighted by Gasteiger charge is 2.25. The van der Waals surface area contributed by atoms with Crippen LogP contribution in [0.2, 0.25) is 0 Å². The number of fused-ring (bicyclic) bond motifs is 1. The zero-order chi connectivity index (χ0) is 19.2. The number of carbonyl (C=O) groups excluding carboxylic acids is 1. The summed E-state index contributed by atoms with van der Waals surface area (Å²) in [6.45, 7) is 1.25. The molecule has 0 spiro atoms. The van der Waals surface area contributed by atoms with E-state index in [0.29, 0.717) is 25.6 Å². The van der Waals surface area contributed by atoms with E-state index in [9.17, 15) is 4.79 Å². The van der Waals surface area contributed by atoms with Crippen molar-refractivity contribution in [2.75, 3.05) is 6.54 Å². The quantitative estimate of drug-likeness (QED) is 0.658. The number of hydrogen-bond donors (Lipinski definition) is 2. The highest BCUT2D eigenvalue weighted by molar-refractivity contribution is 5.75. The summed E-state index contributed by atoms with van der Waals surface area (Å²) in [7, 11) is 0. The fourth-order valence-corrected chi connectivity index (χ4v) is 4.05. The fraction of sp³-hybridized carbons (Fsp3) is 0.391. The molecule has 5 heteroatoms. The van der Waals surface area contributed by atoms with Gasteiger partial charge in [0, 0.05) is 25.6 Å². The largest absolute Gasteiger partial charge is 0.342 e. The molecule has 1 aliphatic rings. The van der Waals surface area contributed by atoms with Crippen molar-refractivity contribution in [3.8, 4) is 0 Å². The molecule has 2 amide bonds. The Morgan fingerprint density at radius 2 is 1.79 bits per heavy atom. The molecular formula is C23H28N4O. The molecule has 0 unspecified atom stereocenters. The summed E-state index contributed by atoms with van der Waals surface area (Å²) in [5, 5.41) is 3.12. The summed E-state index contributed by atoms with van der Waals surface area (Å²) >= 11 is 0. The molecule has 28 heavy (non-hydrogen) atoms. The van der Waals surface area contributed by atoms with Crippen LogP contribution < -0.4 is 5.32 Å². The van der Waals surface area contributed by atoms with Crippen LogP contribution in [0.25, 0.3) is 11.0 Å². The minimum atomic E-state index is 0.0341. The third kappa shape index (κ3) is 4.53. The molecule has 0 saturated heterocycles. The number of amides is 2. The van der Waals surface area contributed by atoms with E-state index in [1.165, 1.54) is 24.8 Å². The minimum absolute atomic E-state index is 0.0341. The van der Waals surface area contributed by atoms with Gasteiger partial charge in [-0.3, -0.25) is 0 Å². The predicted octanol–water partition coefficient (Wildman–Crippen LogP) is 4.65. The average molecular weight is 377 g/mol. The maximum Gasteiger partial charge on any atom is 0.317 e. The molecule has 1 aromatic heterocycles. The molecule has 1 heterocycles. The molecule has 2 N–H and O–H groups in total. The number of benzene rings is 2. The van der Waals surface area contributed by atoms with Gasteiger partial charge in [-0.15, -0.1) is 0 Å². The van der Waals surface area contributed by atoms with Gasteiger partial charge in [0.2, 0.25) is 0 Å². The Balaban J connectivity index is 1.38.